The van der Waals surface area contributed by atoms with Gasteiger partial charge in [-0.15, -0.1) is 6.58 Å². The highest BCUT2D eigenvalue weighted by Crippen LogP contribution is 2.31. The normalized spacial score (nSPS) is 17.6. The van der Waals surface area contributed by atoms with Gasteiger partial charge < -0.3 is 9.47 Å². The quantitative estimate of drug-likeness (QED) is 0.101. The zero-order valence-electron chi connectivity index (χ0n) is 24.5. The van der Waals surface area contributed by atoms with E-state index >= 15 is 0 Å². The van der Waals surface area contributed by atoms with Crippen molar-refractivity contribution in [2.75, 3.05) is 13.2 Å². The summed E-state index contributed by atoms with van der Waals surface area (Å²) in [5.41, 5.74) is 2.48. The molecule has 1 aliphatic rings. The van der Waals surface area contributed by atoms with Crippen LogP contribution in [0.3, 0.4) is 0 Å². The fourth-order valence-electron chi connectivity index (χ4n) is 5.60. The average Bonchev–Trinajstić information content (AvgIpc) is 3.01. The second-order valence-corrected chi connectivity index (χ2v) is 11.3. The largest absolute Gasteiger partial charge is 0.491 e. The van der Waals surface area contributed by atoms with E-state index in [9.17, 15) is 17.6 Å². The Balaban J connectivity index is 1.27. The van der Waals surface area contributed by atoms with Crippen LogP contribution in [0.2, 0.25) is 0 Å². The van der Waals surface area contributed by atoms with Gasteiger partial charge in [-0.3, -0.25) is 0 Å². The van der Waals surface area contributed by atoms with E-state index < -0.39 is 23.6 Å². The zero-order chi connectivity index (χ0) is 29.9. The number of rotatable bonds is 15. The minimum atomic E-state index is -1.44. The van der Waals surface area contributed by atoms with Crippen molar-refractivity contribution in [3.63, 3.8) is 0 Å². The van der Waals surface area contributed by atoms with Gasteiger partial charge in [0.15, 0.2) is 23.2 Å². The Kier molecular flexibility index (Phi) is 12.1. The van der Waals surface area contributed by atoms with Crippen LogP contribution >= 0.6 is 0 Å². The predicted molar refractivity (Wildman–Crippen MR) is 161 cm³/mol. The van der Waals surface area contributed by atoms with Crippen LogP contribution in [-0.2, 0) is 24.0 Å². The molecule has 0 saturated heterocycles. The lowest BCUT2D eigenvalue weighted by Crippen LogP contribution is -2.25. The van der Waals surface area contributed by atoms with Crippen LogP contribution in [0.4, 0.5) is 17.6 Å². The van der Waals surface area contributed by atoms with E-state index in [-0.39, 0.29) is 41.6 Å². The van der Waals surface area contributed by atoms with Gasteiger partial charge in [0.25, 0.3) is 0 Å². The molecule has 0 N–H and O–H groups in total. The van der Waals surface area contributed by atoms with E-state index in [1.807, 2.05) is 6.08 Å². The molecule has 1 atom stereocenters. The Morgan fingerprint density at radius 2 is 1.62 bits per heavy atom. The first-order valence-corrected chi connectivity index (χ1v) is 15.2. The topological polar surface area (TPSA) is 18.5 Å². The molecule has 2 nitrogen and oxygen atoms in total. The van der Waals surface area contributed by atoms with Crippen molar-refractivity contribution in [2.24, 2.45) is 5.92 Å². The third-order valence-corrected chi connectivity index (χ3v) is 8.26. The molecule has 0 bridgehead atoms. The van der Waals surface area contributed by atoms with Gasteiger partial charge in [0.05, 0.1) is 19.3 Å². The summed E-state index contributed by atoms with van der Waals surface area (Å²) in [4.78, 5) is 0. The van der Waals surface area contributed by atoms with Gasteiger partial charge in [-0.25, -0.2) is 17.6 Å². The maximum atomic E-state index is 15.0. The van der Waals surface area contributed by atoms with Gasteiger partial charge in [0, 0.05) is 12.0 Å². The number of hydrogen-bond donors (Lipinski definition) is 0. The van der Waals surface area contributed by atoms with Crippen LogP contribution < -0.4 is 4.74 Å². The number of allylic oxidation sites excluding steroid dienone is 1. The summed E-state index contributed by atoms with van der Waals surface area (Å²) in [6.07, 6.45) is 8.76. The summed E-state index contributed by atoms with van der Waals surface area (Å²) in [7, 11) is 0. The minimum Gasteiger partial charge on any atom is -0.491 e. The number of halogens is 4. The first kappa shape index (κ1) is 31.8. The summed E-state index contributed by atoms with van der Waals surface area (Å²) in [6, 6.07) is 15.2. The molecule has 3 aromatic carbocycles. The Bertz CT molecular complexity index is 1280. The molecule has 0 amide bonds. The molecule has 6 heteroatoms. The van der Waals surface area contributed by atoms with E-state index in [2.05, 4.69) is 37.8 Å². The third-order valence-electron chi connectivity index (χ3n) is 8.26. The van der Waals surface area contributed by atoms with Crippen molar-refractivity contribution >= 4 is 0 Å². The van der Waals surface area contributed by atoms with Crippen LogP contribution in [-0.4, -0.2) is 25.5 Å². The molecular weight excluding hydrogens is 540 g/mol. The molecule has 0 spiro atoms. The van der Waals surface area contributed by atoms with Crippen LogP contribution in [0.1, 0.15) is 68.6 Å². The van der Waals surface area contributed by atoms with Crippen LogP contribution in [0, 0.1) is 23.4 Å². The first-order valence-electron chi connectivity index (χ1n) is 15.2. The van der Waals surface area contributed by atoms with E-state index in [1.54, 1.807) is 0 Å². The molecule has 3 aromatic rings. The molecule has 226 valence electrons. The van der Waals surface area contributed by atoms with Crippen molar-refractivity contribution in [1.29, 1.82) is 0 Å². The molecule has 42 heavy (non-hydrogen) atoms. The second kappa shape index (κ2) is 15.9. The molecule has 1 aliphatic carbocycles. The molecular formula is C36H42F4O2. The summed E-state index contributed by atoms with van der Waals surface area (Å²) < 4.78 is 70.6. The fourth-order valence-corrected chi connectivity index (χ4v) is 5.60. The van der Waals surface area contributed by atoms with E-state index in [0.717, 1.165) is 57.4 Å². The second-order valence-electron chi connectivity index (χ2n) is 11.3. The maximum absolute atomic E-state index is 15.0. The smallest absolute Gasteiger partial charge is 0.166 e. The Morgan fingerprint density at radius 3 is 2.29 bits per heavy atom. The lowest BCUT2D eigenvalue weighted by atomic mass is 9.86. The molecule has 0 aliphatic heterocycles. The summed E-state index contributed by atoms with van der Waals surface area (Å²) >= 11 is 0. The first-order chi connectivity index (χ1) is 20.4. The van der Waals surface area contributed by atoms with Crippen LogP contribution in [0.5, 0.6) is 5.75 Å². The highest BCUT2D eigenvalue weighted by Gasteiger charge is 2.23. The lowest BCUT2D eigenvalue weighted by Gasteiger charge is -2.28. The zero-order valence-corrected chi connectivity index (χ0v) is 24.5. The van der Waals surface area contributed by atoms with Crippen LogP contribution in [0.15, 0.2) is 67.3 Å². The average molecular weight is 583 g/mol. The molecule has 1 fully saturated rings. The van der Waals surface area contributed by atoms with Crippen molar-refractivity contribution in [3.8, 4) is 16.9 Å². The Hall–Kier alpha value is -3.12. The highest BCUT2D eigenvalue weighted by molar-refractivity contribution is 5.65. The van der Waals surface area contributed by atoms with Crippen molar-refractivity contribution in [2.45, 2.75) is 83.4 Å². The van der Waals surface area contributed by atoms with Gasteiger partial charge in [-0.2, -0.15) is 0 Å². The van der Waals surface area contributed by atoms with Gasteiger partial charge >= 0.3 is 0 Å². The fraction of sp³-hybridized carbons (Fsp3) is 0.444. The predicted octanol–water partition coefficient (Wildman–Crippen LogP) is 9.77. The summed E-state index contributed by atoms with van der Waals surface area (Å²) in [5.74, 6) is -2.13. The van der Waals surface area contributed by atoms with Gasteiger partial charge in [0.1, 0.15) is 6.17 Å². The Morgan fingerprint density at radius 1 is 0.905 bits per heavy atom. The molecule has 4 rings (SSSR count). The van der Waals surface area contributed by atoms with Crippen molar-refractivity contribution < 1.29 is 27.0 Å². The maximum Gasteiger partial charge on any atom is 0.166 e. The van der Waals surface area contributed by atoms with Gasteiger partial charge in [-0.05, 0) is 91.7 Å². The Labute approximate surface area is 247 Å². The third kappa shape index (κ3) is 8.94. The number of aryl methyl sites for hydroxylation is 2. The molecule has 0 heterocycles. The van der Waals surface area contributed by atoms with E-state index in [0.29, 0.717) is 18.9 Å². The highest BCUT2D eigenvalue weighted by atomic mass is 19.2. The molecule has 1 saturated carbocycles. The van der Waals surface area contributed by atoms with Gasteiger partial charge in [-0.1, -0.05) is 61.9 Å². The van der Waals surface area contributed by atoms with Gasteiger partial charge in [0.2, 0.25) is 0 Å². The summed E-state index contributed by atoms with van der Waals surface area (Å²) in [6.45, 7) is 6.10. The van der Waals surface area contributed by atoms with Crippen molar-refractivity contribution in [1.82, 2.24) is 0 Å². The van der Waals surface area contributed by atoms with E-state index in [1.165, 1.54) is 35.4 Å². The monoisotopic (exact) mass is 582 g/mol. The number of ether oxygens (including phenoxy) is 2. The minimum absolute atomic E-state index is 0.0293. The van der Waals surface area contributed by atoms with Crippen molar-refractivity contribution in [3.05, 3.63) is 101 Å². The lowest BCUT2D eigenvalue weighted by molar-refractivity contribution is -0.00842. The molecule has 0 radical (unpaired) electrons. The molecule has 1 unspecified atom stereocenters. The van der Waals surface area contributed by atoms with E-state index in [4.69, 9.17) is 9.47 Å². The summed E-state index contributed by atoms with van der Waals surface area (Å²) in [5, 5.41) is 0. The number of alkyl halides is 1. The molecule has 0 aromatic heterocycles. The van der Waals surface area contributed by atoms with Crippen LogP contribution in [0.25, 0.3) is 11.1 Å². The standard InChI is InChI=1S/C36H42F4O2/c1-3-5-7-26-9-11-27(12-10-26)8-6-21-41-34-20-16-28(23-33(34)38)32-19-15-29(35(39)36(32)40)22-30(37)24-42-31-17-13-25(4-2)14-18-31/h3,9-12,15-16,19-20,23,25,30-31H,1,4-8,13-14,17-18,21-22,24H2,2H3. The number of hydrogen-bond acceptors (Lipinski definition) is 2. The SMILES string of the molecule is C=CCCc1ccc(CCCOc2ccc(-c3ccc(CC(F)COC4CCC(CC)CC4)c(F)c3F)cc2F)cc1. The number of benzene rings is 3.